The van der Waals surface area contributed by atoms with Gasteiger partial charge in [-0.15, -0.1) is 0 Å². The second kappa shape index (κ2) is 5.53. The molecule has 0 aromatic heterocycles. The Bertz CT molecular complexity index is 447. The number of benzene rings is 1. The van der Waals surface area contributed by atoms with Gasteiger partial charge in [0, 0.05) is 11.2 Å². The Hall–Kier alpha value is -2.04. The van der Waals surface area contributed by atoms with Gasteiger partial charge < -0.3 is 15.3 Å². The van der Waals surface area contributed by atoms with E-state index in [4.69, 9.17) is 5.21 Å². The molecule has 1 aromatic carbocycles. The normalized spacial score (nSPS) is 13.6. The summed E-state index contributed by atoms with van der Waals surface area (Å²) in [5.74, 6) is 0.219. The van der Waals surface area contributed by atoms with E-state index >= 15 is 0 Å². The highest BCUT2D eigenvalue weighted by atomic mass is 16.4. The zero-order chi connectivity index (χ0) is 13.8. The number of amidine groups is 1. The largest absolute Gasteiger partial charge is 0.411 e. The molecular formula is C13H19N3O2. The maximum Gasteiger partial charge on any atom is 0.197 e. The Balaban J connectivity index is 3.32. The van der Waals surface area contributed by atoms with E-state index in [-0.39, 0.29) is 17.1 Å². The van der Waals surface area contributed by atoms with E-state index in [1.165, 1.54) is 0 Å². The highest BCUT2D eigenvalue weighted by Crippen LogP contribution is 2.24. The van der Waals surface area contributed by atoms with Crippen LogP contribution in [-0.4, -0.2) is 27.5 Å². The minimum Gasteiger partial charge on any atom is -0.411 e. The van der Waals surface area contributed by atoms with E-state index in [1.54, 1.807) is 6.92 Å². The summed E-state index contributed by atoms with van der Waals surface area (Å²) in [4.78, 5) is 1.81. The summed E-state index contributed by atoms with van der Waals surface area (Å²) in [5.41, 5.74) is 0.784. The van der Waals surface area contributed by atoms with Crippen LogP contribution in [0.25, 0.3) is 0 Å². The molecule has 0 aliphatic rings. The Morgan fingerprint density at radius 3 is 2.00 bits per heavy atom. The summed E-state index contributed by atoms with van der Waals surface area (Å²) in [6, 6.07) is 9.51. The SMILES string of the molecule is CC(=N\O)/C(=N/O)N(c1ccccc1)C(C)(C)C. The molecule has 5 heteroatoms. The van der Waals surface area contributed by atoms with Gasteiger partial charge in [0.15, 0.2) is 5.84 Å². The number of oxime groups is 2. The minimum absolute atomic E-state index is 0.219. The maximum absolute atomic E-state index is 9.18. The maximum atomic E-state index is 9.18. The third-order valence-corrected chi connectivity index (χ3v) is 2.47. The number of hydrogen-bond acceptors (Lipinski definition) is 4. The lowest BCUT2D eigenvalue weighted by molar-refractivity contribution is 0.312. The predicted octanol–water partition coefficient (Wildman–Crippen LogP) is 2.93. The third-order valence-electron chi connectivity index (χ3n) is 2.47. The number of para-hydroxylation sites is 1. The minimum atomic E-state index is -0.325. The van der Waals surface area contributed by atoms with Gasteiger partial charge in [-0.05, 0) is 39.8 Å². The molecule has 98 valence electrons. The summed E-state index contributed by atoms with van der Waals surface area (Å²) >= 11 is 0. The molecule has 0 saturated carbocycles. The molecule has 2 N–H and O–H groups in total. The van der Waals surface area contributed by atoms with Crippen LogP contribution in [0.15, 0.2) is 40.6 Å². The van der Waals surface area contributed by atoms with Crippen LogP contribution >= 0.6 is 0 Å². The molecule has 0 unspecified atom stereocenters. The molecule has 0 radical (unpaired) electrons. The molecule has 0 amide bonds. The van der Waals surface area contributed by atoms with Gasteiger partial charge in [0.05, 0.1) is 0 Å². The number of anilines is 1. The monoisotopic (exact) mass is 249 g/mol. The molecule has 5 nitrogen and oxygen atoms in total. The standard InChI is InChI=1S/C13H19N3O2/c1-10(14-17)12(15-18)16(13(2,3)4)11-8-6-5-7-9-11/h5-9,17-18H,1-4H3/b14-10+,15-12-. The molecule has 18 heavy (non-hydrogen) atoms. The van der Waals surface area contributed by atoms with E-state index in [0.29, 0.717) is 0 Å². The first-order valence-electron chi connectivity index (χ1n) is 5.68. The Morgan fingerprint density at radius 2 is 1.61 bits per heavy atom. The van der Waals surface area contributed by atoms with E-state index in [2.05, 4.69) is 10.3 Å². The van der Waals surface area contributed by atoms with Crippen LogP contribution in [0.5, 0.6) is 0 Å². The van der Waals surface area contributed by atoms with Crippen molar-refractivity contribution in [1.82, 2.24) is 0 Å². The summed E-state index contributed by atoms with van der Waals surface area (Å²) in [6.45, 7) is 7.53. The van der Waals surface area contributed by atoms with Gasteiger partial charge >= 0.3 is 0 Å². The lowest BCUT2D eigenvalue weighted by atomic mass is 10.0. The van der Waals surface area contributed by atoms with E-state index in [0.717, 1.165) is 5.69 Å². The van der Waals surface area contributed by atoms with Crippen molar-refractivity contribution in [2.75, 3.05) is 4.90 Å². The highest BCUT2D eigenvalue weighted by Gasteiger charge is 2.28. The molecule has 0 aliphatic heterocycles. The van der Waals surface area contributed by atoms with E-state index < -0.39 is 0 Å². The van der Waals surface area contributed by atoms with Crippen molar-refractivity contribution in [3.8, 4) is 0 Å². The molecular weight excluding hydrogens is 230 g/mol. The molecule has 0 fully saturated rings. The Kier molecular flexibility index (Phi) is 4.31. The van der Waals surface area contributed by atoms with Crippen molar-refractivity contribution < 1.29 is 10.4 Å². The van der Waals surface area contributed by atoms with Crippen LogP contribution in [0.2, 0.25) is 0 Å². The van der Waals surface area contributed by atoms with Crippen LogP contribution in [0.4, 0.5) is 5.69 Å². The fourth-order valence-electron chi connectivity index (χ4n) is 1.73. The van der Waals surface area contributed by atoms with Crippen molar-refractivity contribution in [3.05, 3.63) is 30.3 Å². The van der Waals surface area contributed by atoms with Gasteiger partial charge in [-0.25, -0.2) is 0 Å². The quantitative estimate of drug-likeness (QED) is 0.366. The van der Waals surface area contributed by atoms with Crippen molar-refractivity contribution in [2.45, 2.75) is 33.2 Å². The third kappa shape index (κ3) is 3.00. The van der Waals surface area contributed by atoms with Gasteiger partial charge in [0.2, 0.25) is 0 Å². The topological polar surface area (TPSA) is 68.4 Å². The van der Waals surface area contributed by atoms with Crippen LogP contribution < -0.4 is 4.90 Å². The zero-order valence-electron chi connectivity index (χ0n) is 11.1. The first-order valence-corrected chi connectivity index (χ1v) is 5.68. The Morgan fingerprint density at radius 1 is 1.06 bits per heavy atom. The first kappa shape index (κ1) is 14.0. The molecule has 0 spiro atoms. The van der Waals surface area contributed by atoms with Gasteiger partial charge in [0.25, 0.3) is 0 Å². The fraction of sp³-hybridized carbons (Fsp3) is 0.385. The van der Waals surface area contributed by atoms with Gasteiger partial charge in [-0.1, -0.05) is 28.5 Å². The molecule has 0 aliphatic carbocycles. The lowest BCUT2D eigenvalue weighted by Gasteiger charge is -2.37. The average Bonchev–Trinajstić information content (AvgIpc) is 2.34. The van der Waals surface area contributed by atoms with E-state index in [9.17, 15) is 5.21 Å². The summed E-state index contributed by atoms with van der Waals surface area (Å²) in [7, 11) is 0. The average molecular weight is 249 g/mol. The number of hydrogen-bond donors (Lipinski definition) is 2. The van der Waals surface area contributed by atoms with Gasteiger partial charge in [-0.3, -0.25) is 0 Å². The van der Waals surface area contributed by atoms with Crippen LogP contribution in [-0.2, 0) is 0 Å². The van der Waals surface area contributed by atoms with Gasteiger partial charge in [0.1, 0.15) is 5.71 Å². The van der Waals surface area contributed by atoms with Crippen LogP contribution in [0, 0.1) is 0 Å². The van der Waals surface area contributed by atoms with Crippen molar-refractivity contribution >= 4 is 17.2 Å². The molecule has 1 rings (SSSR count). The predicted molar refractivity (Wildman–Crippen MR) is 72.8 cm³/mol. The second-order valence-corrected chi connectivity index (χ2v) is 4.95. The van der Waals surface area contributed by atoms with Crippen molar-refractivity contribution in [3.63, 3.8) is 0 Å². The Labute approximate surface area is 107 Å². The molecule has 1 aromatic rings. The number of rotatable bonds is 2. The van der Waals surface area contributed by atoms with Crippen LogP contribution in [0.1, 0.15) is 27.7 Å². The van der Waals surface area contributed by atoms with Crippen LogP contribution in [0.3, 0.4) is 0 Å². The highest BCUT2D eigenvalue weighted by molar-refractivity contribution is 6.45. The molecule has 0 bridgehead atoms. The van der Waals surface area contributed by atoms with Crippen molar-refractivity contribution in [1.29, 1.82) is 0 Å². The smallest absolute Gasteiger partial charge is 0.197 e. The molecule has 0 atom stereocenters. The summed E-state index contributed by atoms with van der Waals surface area (Å²) in [6.07, 6.45) is 0. The molecule has 0 heterocycles. The first-order chi connectivity index (χ1) is 8.41. The second-order valence-electron chi connectivity index (χ2n) is 4.95. The number of nitrogens with zero attached hydrogens (tertiary/aromatic N) is 3. The molecule has 0 saturated heterocycles. The van der Waals surface area contributed by atoms with Gasteiger partial charge in [-0.2, -0.15) is 0 Å². The summed E-state index contributed by atoms with van der Waals surface area (Å²) < 4.78 is 0. The fourth-order valence-corrected chi connectivity index (χ4v) is 1.73. The van der Waals surface area contributed by atoms with Crippen molar-refractivity contribution in [2.24, 2.45) is 10.3 Å². The summed E-state index contributed by atoms with van der Waals surface area (Å²) in [5, 5.41) is 24.4. The van der Waals surface area contributed by atoms with E-state index in [1.807, 2.05) is 56.0 Å². The zero-order valence-corrected chi connectivity index (χ0v) is 11.1. The lowest BCUT2D eigenvalue weighted by Crippen LogP contribution is -2.48.